The molecule has 8 heteroatoms. The van der Waals surface area contributed by atoms with Crippen molar-refractivity contribution in [2.45, 2.75) is 26.1 Å². The highest BCUT2D eigenvalue weighted by molar-refractivity contribution is 14.0. The van der Waals surface area contributed by atoms with Crippen LogP contribution >= 0.6 is 24.0 Å². The van der Waals surface area contributed by atoms with Gasteiger partial charge in [0.1, 0.15) is 5.76 Å². The second-order valence-electron chi connectivity index (χ2n) is 7.52. The van der Waals surface area contributed by atoms with E-state index in [9.17, 15) is 4.79 Å². The molecule has 3 rings (SSSR count). The predicted octanol–water partition coefficient (Wildman–Crippen LogP) is 3.75. The molecule has 1 amide bonds. The molecule has 0 radical (unpaired) electrons. The van der Waals surface area contributed by atoms with Crippen molar-refractivity contribution in [3.05, 3.63) is 95.4 Å². The van der Waals surface area contributed by atoms with Gasteiger partial charge in [0.05, 0.1) is 6.54 Å². The number of carbonyl (C=O) groups excluding carboxylic acids is 1. The third-order valence-electron chi connectivity index (χ3n) is 5.00. The lowest BCUT2D eigenvalue weighted by molar-refractivity contribution is 0.0972. The second-order valence-corrected chi connectivity index (χ2v) is 7.52. The first-order chi connectivity index (χ1) is 15.6. The quantitative estimate of drug-likeness (QED) is 0.144. The number of aliphatic imine (C=N–C) groups is 1. The van der Waals surface area contributed by atoms with Crippen molar-refractivity contribution >= 4 is 35.8 Å². The lowest BCUT2D eigenvalue weighted by atomic mass is 10.1. The van der Waals surface area contributed by atoms with Crippen LogP contribution in [0.25, 0.3) is 0 Å². The largest absolute Gasteiger partial charge is 0.454 e. The number of amides is 1. The Hall–Kier alpha value is -2.85. The lowest BCUT2D eigenvalue weighted by Gasteiger charge is -2.23. The Kier molecular flexibility index (Phi) is 11.5. The number of halogens is 1. The third-order valence-corrected chi connectivity index (χ3v) is 5.00. The smallest absolute Gasteiger partial charge is 0.284 e. The van der Waals surface area contributed by atoms with Crippen molar-refractivity contribution in [3.63, 3.8) is 0 Å². The average molecular weight is 561 g/mol. The van der Waals surface area contributed by atoms with Gasteiger partial charge in [0.2, 0.25) is 0 Å². The zero-order valence-electron chi connectivity index (χ0n) is 18.9. The maximum absolute atomic E-state index is 11.1. The van der Waals surface area contributed by atoms with Gasteiger partial charge < -0.3 is 20.8 Å². The standard InChI is InChI=1S/C25H31N5O2.HI/c1-27-25(29-17-22-13-14-23(32-22)24(26)31)28-15-8-16-30(18-20-9-4-2-5-10-20)19-21-11-6-3-7-12-21;/h2-7,9-14H,8,15-19H2,1H3,(H2,26,31)(H2,27,28,29);1H. The minimum absolute atomic E-state index is 0. The Bertz CT molecular complexity index is 951. The zero-order chi connectivity index (χ0) is 22.6. The van der Waals surface area contributed by atoms with Crippen LogP contribution in [0.1, 0.15) is 33.9 Å². The van der Waals surface area contributed by atoms with Crippen molar-refractivity contribution in [2.24, 2.45) is 10.7 Å². The van der Waals surface area contributed by atoms with Crippen molar-refractivity contribution in [2.75, 3.05) is 20.1 Å². The van der Waals surface area contributed by atoms with E-state index >= 15 is 0 Å². The summed E-state index contributed by atoms with van der Waals surface area (Å²) in [6.07, 6.45) is 0.965. The Labute approximate surface area is 212 Å². The minimum Gasteiger partial charge on any atom is -0.454 e. The number of primary amides is 1. The summed E-state index contributed by atoms with van der Waals surface area (Å²) in [7, 11) is 1.73. The maximum Gasteiger partial charge on any atom is 0.284 e. The molecular weight excluding hydrogens is 529 g/mol. The molecule has 0 bridgehead atoms. The number of furan rings is 1. The first-order valence-corrected chi connectivity index (χ1v) is 10.8. The van der Waals surface area contributed by atoms with Crippen molar-refractivity contribution in [1.29, 1.82) is 0 Å². The molecule has 7 nitrogen and oxygen atoms in total. The van der Waals surface area contributed by atoms with Crippen LogP contribution in [0.5, 0.6) is 0 Å². The number of hydrogen-bond acceptors (Lipinski definition) is 4. The van der Waals surface area contributed by atoms with Crippen LogP contribution in [0.2, 0.25) is 0 Å². The van der Waals surface area contributed by atoms with Gasteiger partial charge in [-0.2, -0.15) is 0 Å². The van der Waals surface area contributed by atoms with Crippen molar-refractivity contribution in [3.8, 4) is 0 Å². The topological polar surface area (TPSA) is 95.9 Å². The Morgan fingerprint density at radius 3 is 2.06 bits per heavy atom. The number of hydrogen-bond donors (Lipinski definition) is 3. The zero-order valence-corrected chi connectivity index (χ0v) is 21.2. The predicted molar refractivity (Wildman–Crippen MR) is 142 cm³/mol. The monoisotopic (exact) mass is 561 g/mol. The summed E-state index contributed by atoms with van der Waals surface area (Å²) in [5.41, 5.74) is 7.83. The van der Waals surface area contributed by atoms with Gasteiger partial charge in [0, 0.05) is 33.2 Å². The molecular formula is C25H32IN5O2. The summed E-state index contributed by atoms with van der Waals surface area (Å²) in [5, 5.41) is 6.52. The fourth-order valence-corrected chi connectivity index (χ4v) is 3.40. The molecule has 0 fully saturated rings. The molecule has 33 heavy (non-hydrogen) atoms. The van der Waals surface area contributed by atoms with Gasteiger partial charge in [-0.15, -0.1) is 24.0 Å². The van der Waals surface area contributed by atoms with Crippen molar-refractivity contribution < 1.29 is 9.21 Å². The molecule has 3 aromatic rings. The molecule has 1 heterocycles. The molecule has 4 N–H and O–H groups in total. The molecule has 176 valence electrons. The fourth-order valence-electron chi connectivity index (χ4n) is 3.40. The van der Waals surface area contributed by atoms with Gasteiger partial charge in [-0.3, -0.25) is 14.7 Å². The Morgan fingerprint density at radius 1 is 0.939 bits per heavy atom. The van der Waals surface area contributed by atoms with E-state index in [-0.39, 0.29) is 29.7 Å². The first kappa shape index (κ1) is 26.4. The Morgan fingerprint density at radius 2 is 1.55 bits per heavy atom. The average Bonchev–Trinajstić information content (AvgIpc) is 3.29. The number of nitrogens with one attached hydrogen (secondary N) is 2. The van der Waals surface area contributed by atoms with Crippen LogP contribution < -0.4 is 16.4 Å². The van der Waals surface area contributed by atoms with Crippen LogP contribution in [-0.4, -0.2) is 36.9 Å². The van der Waals surface area contributed by atoms with Crippen LogP contribution in [0.4, 0.5) is 0 Å². The highest BCUT2D eigenvalue weighted by Gasteiger charge is 2.09. The molecule has 0 aliphatic heterocycles. The summed E-state index contributed by atoms with van der Waals surface area (Å²) in [4.78, 5) is 17.8. The van der Waals surface area contributed by atoms with Crippen LogP contribution in [0.3, 0.4) is 0 Å². The molecule has 0 spiro atoms. The summed E-state index contributed by atoms with van der Waals surface area (Å²) in [5.74, 6) is 0.884. The molecule has 0 unspecified atom stereocenters. The maximum atomic E-state index is 11.1. The van der Waals surface area contributed by atoms with E-state index in [2.05, 4.69) is 69.1 Å². The molecule has 0 aliphatic rings. The first-order valence-electron chi connectivity index (χ1n) is 10.8. The molecule has 0 saturated heterocycles. The number of rotatable bonds is 11. The lowest BCUT2D eigenvalue weighted by Crippen LogP contribution is -2.38. The van der Waals surface area contributed by atoms with Crippen molar-refractivity contribution in [1.82, 2.24) is 15.5 Å². The number of nitrogens with zero attached hydrogens (tertiary/aromatic N) is 2. The summed E-state index contributed by atoms with van der Waals surface area (Å²) < 4.78 is 5.38. The van der Waals surface area contributed by atoms with E-state index in [1.807, 2.05) is 12.1 Å². The highest BCUT2D eigenvalue weighted by Crippen LogP contribution is 2.10. The van der Waals surface area contributed by atoms with E-state index in [0.29, 0.717) is 18.3 Å². The summed E-state index contributed by atoms with van der Waals surface area (Å²) >= 11 is 0. The van der Waals surface area contributed by atoms with E-state index in [4.69, 9.17) is 10.2 Å². The Balaban J connectivity index is 0.00000385. The van der Waals surface area contributed by atoms with Crippen LogP contribution in [0.15, 0.2) is 82.2 Å². The SMILES string of the molecule is CN=C(NCCCN(Cc1ccccc1)Cc1ccccc1)NCc1ccc(C(N)=O)o1.I. The van der Waals surface area contributed by atoms with E-state index in [1.165, 1.54) is 11.1 Å². The third kappa shape index (κ3) is 9.27. The van der Waals surface area contributed by atoms with Gasteiger partial charge in [0.25, 0.3) is 5.91 Å². The summed E-state index contributed by atoms with van der Waals surface area (Å²) in [6, 6.07) is 24.4. The molecule has 0 aliphatic carbocycles. The fraction of sp³-hybridized carbons (Fsp3) is 0.280. The summed E-state index contributed by atoms with van der Waals surface area (Å²) in [6.45, 7) is 3.96. The number of carbonyl (C=O) groups is 1. The molecule has 1 aromatic heterocycles. The molecule has 0 atom stereocenters. The highest BCUT2D eigenvalue weighted by atomic mass is 127. The van der Waals surface area contributed by atoms with E-state index in [0.717, 1.165) is 32.6 Å². The minimum atomic E-state index is -0.575. The normalized spacial score (nSPS) is 11.2. The van der Waals surface area contributed by atoms with E-state index in [1.54, 1.807) is 19.2 Å². The van der Waals surface area contributed by atoms with E-state index < -0.39 is 5.91 Å². The van der Waals surface area contributed by atoms with Gasteiger partial charge in [-0.25, -0.2) is 0 Å². The van der Waals surface area contributed by atoms with Gasteiger partial charge in [-0.1, -0.05) is 60.7 Å². The van der Waals surface area contributed by atoms with Gasteiger partial charge in [-0.05, 0) is 29.7 Å². The number of nitrogens with two attached hydrogens (primary N) is 1. The second kappa shape index (κ2) is 14.3. The van der Waals surface area contributed by atoms with Gasteiger partial charge >= 0.3 is 0 Å². The van der Waals surface area contributed by atoms with Gasteiger partial charge in [0.15, 0.2) is 11.7 Å². The molecule has 0 saturated carbocycles. The number of guanidine groups is 1. The number of benzene rings is 2. The molecule has 2 aromatic carbocycles. The van der Waals surface area contributed by atoms with Crippen LogP contribution in [0, 0.1) is 0 Å². The van der Waals surface area contributed by atoms with Crippen LogP contribution in [-0.2, 0) is 19.6 Å².